The van der Waals surface area contributed by atoms with Crippen molar-refractivity contribution in [2.45, 2.75) is 41.5 Å². The van der Waals surface area contributed by atoms with E-state index >= 15 is 0 Å². The van der Waals surface area contributed by atoms with Gasteiger partial charge in [-0.1, -0.05) is 35.4 Å². The van der Waals surface area contributed by atoms with Gasteiger partial charge in [-0.3, -0.25) is 0 Å². The second-order valence-corrected chi connectivity index (χ2v) is 6.72. The molecule has 0 saturated carbocycles. The molecule has 0 unspecified atom stereocenters. The van der Waals surface area contributed by atoms with Gasteiger partial charge in [-0.25, -0.2) is 0 Å². The SMILES string of the molecule is Cc1cc(C)c(N2C=CN(c3c(C)cc(C)cc3C)[CH-]2)c(C)c1.[Cl][Cu+]. The molecule has 0 atom stereocenters. The molecule has 0 fully saturated rings. The van der Waals surface area contributed by atoms with Crippen molar-refractivity contribution in [2.24, 2.45) is 0 Å². The van der Waals surface area contributed by atoms with Crippen molar-refractivity contribution in [3.8, 4) is 0 Å². The Morgan fingerprint density at radius 2 is 0.920 bits per heavy atom. The molecular weight excluding hydrogens is 379 g/mol. The number of benzene rings is 2. The van der Waals surface area contributed by atoms with Crippen molar-refractivity contribution in [1.29, 1.82) is 0 Å². The fraction of sp³-hybridized carbons (Fsp3) is 0.286. The van der Waals surface area contributed by atoms with Crippen LogP contribution >= 0.6 is 10.1 Å². The van der Waals surface area contributed by atoms with Gasteiger partial charge in [0.15, 0.2) is 0 Å². The summed E-state index contributed by atoms with van der Waals surface area (Å²) in [7, 11) is 4.20. The first kappa shape index (κ1) is 19.9. The first-order valence-corrected chi connectivity index (χ1v) is 9.53. The topological polar surface area (TPSA) is 6.48 Å². The summed E-state index contributed by atoms with van der Waals surface area (Å²) in [5, 5.41) is 0. The molecule has 1 aliphatic heterocycles. The Bertz CT molecular complexity index is 687. The van der Waals surface area contributed by atoms with E-state index in [0.29, 0.717) is 0 Å². The summed E-state index contributed by atoms with van der Waals surface area (Å²) >= 11 is 3.66. The molecular formula is C21H25ClCuN2. The summed E-state index contributed by atoms with van der Waals surface area (Å²) in [5.41, 5.74) is 10.4. The number of hydrogen-bond acceptors (Lipinski definition) is 2. The monoisotopic (exact) mass is 403 g/mol. The number of rotatable bonds is 2. The van der Waals surface area contributed by atoms with Crippen molar-refractivity contribution < 1.29 is 15.1 Å². The van der Waals surface area contributed by atoms with Gasteiger partial charge in [0.2, 0.25) is 0 Å². The fourth-order valence-electron chi connectivity index (χ4n) is 3.78. The van der Waals surface area contributed by atoms with Gasteiger partial charge in [0.1, 0.15) is 0 Å². The van der Waals surface area contributed by atoms with Gasteiger partial charge >= 0.3 is 25.2 Å². The van der Waals surface area contributed by atoms with Crippen LogP contribution in [0.15, 0.2) is 36.7 Å². The Morgan fingerprint density at radius 3 is 1.20 bits per heavy atom. The van der Waals surface area contributed by atoms with E-state index in [9.17, 15) is 0 Å². The Hall–Kier alpha value is -1.41. The quantitative estimate of drug-likeness (QED) is 0.438. The second-order valence-electron chi connectivity index (χ2n) is 6.72. The molecule has 2 aromatic carbocycles. The molecule has 0 saturated heterocycles. The van der Waals surface area contributed by atoms with Crippen LogP contribution in [0.1, 0.15) is 33.4 Å². The first-order chi connectivity index (χ1) is 11.9. The zero-order chi connectivity index (χ0) is 18.7. The average Bonchev–Trinajstić information content (AvgIpc) is 2.96. The maximum atomic E-state index is 4.20. The van der Waals surface area contributed by atoms with Crippen LogP contribution in [0.25, 0.3) is 0 Å². The van der Waals surface area contributed by atoms with E-state index in [1.165, 1.54) is 44.8 Å². The van der Waals surface area contributed by atoms with Gasteiger partial charge in [0.05, 0.1) is 0 Å². The van der Waals surface area contributed by atoms with Gasteiger partial charge in [0, 0.05) is 11.4 Å². The predicted octanol–water partition coefficient (Wildman–Crippen LogP) is 6.14. The van der Waals surface area contributed by atoms with Crippen LogP contribution in [0.2, 0.25) is 0 Å². The van der Waals surface area contributed by atoms with Crippen molar-refractivity contribution in [3.63, 3.8) is 0 Å². The average molecular weight is 404 g/mol. The molecule has 25 heavy (non-hydrogen) atoms. The molecule has 1 heterocycles. The zero-order valence-electron chi connectivity index (χ0n) is 15.6. The van der Waals surface area contributed by atoms with Crippen molar-refractivity contribution in [3.05, 3.63) is 76.7 Å². The third-order valence-corrected chi connectivity index (χ3v) is 4.42. The normalized spacial score (nSPS) is 13.2. The molecule has 0 bridgehead atoms. The van der Waals surface area contributed by atoms with Crippen molar-refractivity contribution >= 4 is 21.5 Å². The van der Waals surface area contributed by atoms with E-state index in [0.717, 1.165) is 0 Å². The summed E-state index contributed by atoms with van der Waals surface area (Å²) in [6, 6.07) is 8.98. The van der Waals surface area contributed by atoms with Crippen LogP contribution in [-0.2, 0) is 15.1 Å². The van der Waals surface area contributed by atoms with E-state index in [4.69, 9.17) is 0 Å². The van der Waals surface area contributed by atoms with E-state index in [-0.39, 0.29) is 0 Å². The predicted molar refractivity (Wildman–Crippen MR) is 106 cm³/mol. The van der Waals surface area contributed by atoms with Crippen LogP contribution in [0.3, 0.4) is 0 Å². The molecule has 3 rings (SSSR count). The van der Waals surface area contributed by atoms with E-state index < -0.39 is 0 Å². The maximum absolute atomic E-state index is 4.20. The van der Waals surface area contributed by atoms with Crippen LogP contribution < -0.4 is 9.80 Å². The van der Waals surface area contributed by atoms with Gasteiger partial charge in [0.25, 0.3) is 0 Å². The Labute approximate surface area is 164 Å². The summed E-state index contributed by atoms with van der Waals surface area (Å²) in [4.78, 5) is 4.45. The minimum atomic E-state index is 1.27. The fourth-order valence-corrected chi connectivity index (χ4v) is 3.78. The summed E-state index contributed by atoms with van der Waals surface area (Å²) in [6.07, 6.45) is 4.28. The minimum absolute atomic E-state index is 1.27. The van der Waals surface area contributed by atoms with Crippen LogP contribution in [0.4, 0.5) is 11.4 Å². The number of nitrogens with zero attached hydrogens (tertiary/aromatic N) is 2. The molecule has 0 spiro atoms. The zero-order valence-corrected chi connectivity index (χ0v) is 17.3. The molecule has 0 amide bonds. The second kappa shape index (κ2) is 8.31. The third kappa shape index (κ3) is 4.23. The van der Waals surface area contributed by atoms with Crippen molar-refractivity contribution in [1.82, 2.24) is 0 Å². The summed E-state index contributed by atoms with van der Waals surface area (Å²) in [5.74, 6) is 0. The molecule has 0 aromatic heterocycles. The van der Waals surface area contributed by atoms with Crippen LogP contribution in [-0.4, -0.2) is 0 Å². The molecule has 0 aliphatic carbocycles. The standard InChI is InChI=1S/C21H25N2.ClH.Cu/c1-14-9-16(3)20(17(4)10-14)22-7-8-23(13-22)21-18(5)11-15(2)12-19(21)6;;/h7-13H,1-6H3;1H;/q-1;;+2/p-1. The van der Waals surface area contributed by atoms with Crippen LogP contribution in [0, 0.1) is 48.2 Å². The first-order valence-electron chi connectivity index (χ1n) is 8.24. The third-order valence-electron chi connectivity index (χ3n) is 4.42. The summed E-state index contributed by atoms with van der Waals surface area (Å²) in [6.45, 7) is 15.2. The molecule has 4 heteroatoms. The van der Waals surface area contributed by atoms with Gasteiger partial charge in [-0.05, 0) is 76.2 Å². The molecule has 2 aromatic rings. The van der Waals surface area contributed by atoms with E-state index in [1.54, 1.807) is 0 Å². The molecule has 0 radical (unpaired) electrons. The number of halogens is 1. The Kier molecular flexibility index (Phi) is 6.62. The number of hydrogen-bond donors (Lipinski definition) is 0. The Morgan fingerprint density at radius 1 is 0.640 bits per heavy atom. The molecule has 2 nitrogen and oxygen atoms in total. The summed E-state index contributed by atoms with van der Waals surface area (Å²) < 4.78 is 0. The van der Waals surface area contributed by atoms with Crippen LogP contribution in [0.5, 0.6) is 0 Å². The Balaban J connectivity index is 0.00000109. The molecule has 137 valence electrons. The van der Waals surface area contributed by atoms with E-state index in [1.807, 2.05) is 0 Å². The van der Waals surface area contributed by atoms with Crippen molar-refractivity contribution in [2.75, 3.05) is 9.80 Å². The van der Waals surface area contributed by atoms with E-state index in [2.05, 4.69) is 120 Å². The number of anilines is 2. The number of aryl methyl sites for hydroxylation is 6. The van der Waals surface area contributed by atoms with Gasteiger partial charge in [-0.15, -0.1) is 6.67 Å². The van der Waals surface area contributed by atoms with Gasteiger partial charge in [-0.2, -0.15) is 0 Å². The van der Waals surface area contributed by atoms with Gasteiger partial charge < -0.3 is 9.80 Å². The molecule has 0 N–H and O–H groups in total. The molecule has 1 aliphatic rings.